The summed E-state index contributed by atoms with van der Waals surface area (Å²) in [6, 6.07) is 12.5. The van der Waals surface area contributed by atoms with Crippen molar-refractivity contribution in [1.29, 1.82) is 0 Å². The first-order chi connectivity index (χ1) is 12.7. The van der Waals surface area contributed by atoms with Crippen molar-refractivity contribution in [2.75, 3.05) is 13.7 Å². The number of nitrogens with one attached hydrogen (secondary N) is 1. The van der Waals surface area contributed by atoms with Gasteiger partial charge in [0.15, 0.2) is 11.5 Å². The van der Waals surface area contributed by atoms with E-state index in [4.69, 9.17) is 9.47 Å². The molecule has 1 N–H and O–H groups in total. The van der Waals surface area contributed by atoms with E-state index in [1.165, 1.54) is 13.3 Å². The van der Waals surface area contributed by atoms with Gasteiger partial charge < -0.3 is 9.47 Å². The summed E-state index contributed by atoms with van der Waals surface area (Å²) >= 11 is 0. The van der Waals surface area contributed by atoms with Crippen LogP contribution < -0.4 is 14.9 Å². The number of carbonyl (C=O) groups is 1. The van der Waals surface area contributed by atoms with Crippen LogP contribution in [0.1, 0.15) is 23.0 Å². The number of benzene rings is 2. The lowest BCUT2D eigenvalue weighted by molar-refractivity contribution is 0.0954. The average molecular weight is 350 g/mol. The highest BCUT2D eigenvalue weighted by molar-refractivity contribution is 5.95. The number of rotatable bonds is 6. The van der Waals surface area contributed by atoms with E-state index < -0.39 is 0 Å². The molecular formula is C19H18N4O3. The number of aromatic nitrogens is 2. The summed E-state index contributed by atoms with van der Waals surface area (Å²) in [4.78, 5) is 20.9. The van der Waals surface area contributed by atoms with Crippen molar-refractivity contribution in [3.63, 3.8) is 0 Å². The molecule has 0 aliphatic rings. The van der Waals surface area contributed by atoms with Gasteiger partial charge in [-0.1, -0.05) is 12.1 Å². The van der Waals surface area contributed by atoms with Gasteiger partial charge in [0.1, 0.15) is 5.69 Å². The number of nitrogens with zero attached hydrogens (tertiary/aromatic N) is 3. The lowest BCUT2D eigenvalue weighted by Gasteiger charge is -2.10. The van der Waals surface area contributed by atoms with Crippen LogP contribution in [-0.4, -0.2) is 35.8 Å². The maximum absolute atomic E-state index is 12.2. The summed E-state index contributed by atoms with van der Waals surface area (Å²) in [5.74, 6) is 0.710. The van der Waals surface area contributed by atoms with Crippen LogP contribution >= 0.6 is 0 Å². The number of fused-ring (bicyclic) bond motifs is 1. The number of carbonyl (C=O) groups excluding carboxylic acids is 1. The SMILES string of the molecule is CCOc1ccc(C(=O)N/N=C\c2cnc3ccccc3n2)cc1OC. The molecule has 3 aromatic rings. The molecule has 0 atom stereocenters. The number of ether oxygens (including phenoxy) is 2. The Kier molecular flexibility index (Phi) is 5.38. The second-order valence-corrected chi connectivity index (χ2v) is 5.28. The third-order valence-electron chi connectivity index (χ3n) is 3.56. The van der Waals surface area contributed by atoms with Crippen LogP contribution in [0, 0.1) is 0 Å². The fourth-order valence-electron chi connectivity index (χ4n) is 2.34. The van der Waals surface area contributed by atoms with Crippen molar-refractivity contribution < 1.29 is 14.3 Å². The summed E-state index contributed by atoms with van der Waals surface area (Å²) in [5, 5.41) is 3.94. The maximum Gasteiger partial charge on any atom is 0.271 e. The summed E-state index contributed by atoms with van der Waals surface area (Å²) in [6.45, 7) is 2.39. The van der Waals surface area contributed by atoms with E-state index in [0.29, 0.717) is 29.4 Å². The van der Waals surface area contributed by atoms with Crippen molar-refractivity contribution in [2.24, 2.45) is 5.10 Å². The normalized spacial score (nSPS) is 10.8. The molecular weight excluding hydrogens is 332 g/mol. The molecule has 7 nitrogen and oxygen atoms in total. The predicted molar refractivity (Wildman–Crippen MR) is 98.8 cm³/mol. The molecule has 0 spiro atoms. The molecule has 7 heteroatoms. The Morgan fingerprint density at radius 3 is 2.77 bits per heavy atom. The summed E-state index contributed by atoms with van der Waals surface area (Å²) in [6.07, 6.45) is 3.04. The van der Waals surface area contributed by atoms with Gasteiger partial charge in [0.25, 0.3) is 5.91 Å². The van der Waals surface area contributed by atoms with Gasteiger partial charge in [-0.05, 0) is 37.3 Å². The molecule has 1 heterocycles. The van der Waals surface area contributed by atoms with Gasteiger partial charge in [0.05, 0.1) is 37.2 Å². The highest BCUT2D eigenvalue weighted by Gasteiger charge is 2.10. The zero-order valence-electron chi connectivity index (χ0n) is 14.5. The number of hydrogen-bond donors (Lipinski definition) is 1. The van der Waals surface area contributed by atoms with Gasteiger partial charge in [-0.2, -0.15) is 5.10 Å². The first-order valence-corrected chi connectivity index (χ1v) is 8.07. The Morgan fingerprint density at radius 1 is 1.19 bits per heavy atom. The second-order valence-electron chi connectivity index (χ2n) is 5.28. The summed E-state index contributed by atoms with van der Waals surface area (Å²) in [7, 11) is 1.52. The van der Waals surface area contributed by atoms with Crippen molar-refractivity contribution in [3.05, 3.63) is 59.9 Å². The van der Waals surface area contributed by atoms with Gasteiger partial charge in [-0.25, -0.2) is 10.4 Å². The van der Waals surface area contributed by atoms with Crippen LogP contribution in [0.4, 0.5) is 0 Å². The molecule has 1 amide bonds. The van der Waals surface area contributed by atoms with Gasteiger partial charge in [0.2, 0.25) is 0 Å². The van der Waals surface area contributed by atoms with E-state index in [0.717, 1.165) is 11.0 Å². The van der Waals surface area contributed by atoms with Crippen LogP contribution in [-0.2, 0) is 0 Å². The molecule has 0 unspecified atom stereocenters. The van der Waals surface area contributed by atoms with E-state index in [1.54, 1.807) is 24.4 Å². The third kappa shape index (κ3) is 3.94. The molecule has 2 aromatic carbocycles. The first kappa shape index (κ1) is 17.3. The predicted octanol–water partition coefficient (Wildman–Crippen LogP) is 2.80. The van der Waals surface area contributed by atoms with Crippen LogP contribution in [0.3, 0.4) is 0 Å². The minimum absolute atomic E-state index is 0.364. The molecule has 0 aliphatic heterocycles. The molecule has 0 fully saturated rings. The van der Waals surface area contributed by atoms with Gasteiger partial charge in [0, 0.05) is 5.56 Å². The molecule has 0 radical (unpaired) electrons. The lowest BCUT2D eigenvalue weighted by atomic mass is 10.2. The minimum Gasteiger partial charge on any atom is -0.493 e. The Bertz CT molecular complexity index is 956. The number of amides is 1. The monoisotopic (exact) mass is 350 g/mol. The maximum atomic E-state index is 12.2. The lowest BCUT2D eigenvalue weighted by Crippen LogP contribution is -2.17. The summed E-state index contributed by atoms with van der Waals surface area (Å²) < 4.78 is 10.7. The number of hydrogen-bond acceptors (Lipinski definition) is 6. The van der Waals surface area contributed by atoms with E-state index >= 15 is 0 Å². The van der Waals surface area contributed by atoms with Crippen molar-refractivity contribution >= 4 is 23.2 Å². The quantitative estimate of drug-likeness (QED) is 0.546. The molecule has 132 valence electrons. The molecule has 26 heavy (non-hydrogen) atoms. The van der Waals surface area contributed by atoms with Crippen LogP contribution in [0.2, 0.25) is 0 Å². The molecule has 3 rings (SSSR count). The highest BCUT2D eigenvalue weighted by Crippen LogP contribution is 2.27. The molecule has 0 saturated carbocycles. The zero-order chi connectivity index (χ0) is 18.4. The number of methoxy groups -OCH3 is 1. The van der Waals surface area contributed by atoms with Crippen LogP contribution in [0.5, 0.6) is 11.5 Å². The van der Waals surface area contributed by atoms with E-state index in [2.05, 4.69) is 20.5 Å². The van der Waals surface area contributed by atoms with Crippen LogP contribution in [0.15, 0.2) is 53.8 Å². The van der Waals surface area contributed by atoms with Crippen molar-refractivity contribution in [2.45, 2.75) is 6.92 Å². The Balaban J connectivity index is 1.70. The van der Waals surface area contributed by atoms with E-state index in [-0.39, 0.29) is 5.91 Å². The fraction of sp³-hybridized carbons (Fsp3) is 0.158. The van der Waals surface area contributed by atoms with E-state index in [1.807, 2.05) is 31.2 Å². The first-order valence-electron chi connectivity index (χ1n) is 8.07. The minimum atomic E-state index is -0.364. The average Bonchev–Trinajstić information content (AvgIpc) is 2.68. The topological polar surface area (TPSA) is 85.7 Å². The van der Waals surface area contributed by atoms with E-state index in [9.17, 15) is 4.79 Å². The molecule has 1 aromatic heterocycles. The standard InChI is InChI=1S/C19H18N4O3/c1-3-26-17-9-8-13(10-18(17)25-2)19(24)23-21-12-14-11-20-15-6-4-5-7-16(15)22-14/h4-12H,3H2,1-2H3,(H,23,24)/b21-12-. The largest absolute Gasteiger partial charge is 0.493 e. The third-order valence-corrected chi connectivity index (χ3v) is 3.56. The van der Waals surface area contributed by atoms with Gasteiger partial charge in [-0.3, -0.25) is 9.78 Å². The number of hydrazone groups is 1. The Hall–Kier alpha value is -3.48. The van der Waals surface area contributed by atoms with Gasteiger partial charge in [-0.15, -0.1) is 0 Å². The van der Waals surface area contributed by atoms with Crippen LogP contribution in [0.25, 0.3) is 11.0 Å². The zero-order valence-corrected chi connectivity index (χ0v) is 14.5. The molecule has 0 saturated heterocycles. The van der Waals surface area contributed by atoms with Crippen molar-refractivity contribution in [1.82, 2.24) is 15.4 Å². The second kappa shape index (κ2) is 8.06. The smallest absolute Gasteiger partial charge is 0.271 e. The summed E-state index contributed by atoms with van der Waals surface area (Å²) in [5.41, 5.74) is 4.99. The Labute approximate surface area is 150 Å². The molecule has 0 bridgehead atoms. The molecule has 0 aliphatic carbocycles. The van der Waals surface area contributed by atoms with Gasteiger partial charge >= 0.3 is 0 Å². The Morgan fingerprint density at radius 2 is 2.00 bits per heavy atom. The highest BCUT2D eigenvalue weighted by atomic mass is 16.5. The number of para-hydroxylation sites is 2. The fourth-order valence-corrected chi connectivity index (χ4v) is 2.34. The van der Waals surface area contributed by atoms with Crippen molar-refractivity contribution in [3.8, 4) is 11.5 Å².